The van der Waals surface area contributed by atoms with Crippen molar-refractivity contribution in [2.75, 3.05) is 6.54 Å². The predicted molar refractivity (Wildman–Crippen MR) is 25.1 cm³/mol. The lowest BCUT2D eigenvalue weighted by atomic mass is 10.3. The molecule has 1 unspecified atom stereocenters. The predicted octanol–water partition coefficient (Wildman–Crippen LogP) is -0.980. The van der Waals surface area contributed by atoms with Crippen LogP contribution in [0, 0.1) is 5.53 Å². The van der Waals surface area contributed by atoms with Gasteiger partial charge in [0.1, 0.15) is 0 Å². The van der Waals surface area contributed by atoms with Gasteiger partial charge in [-0.25, -0.2) is 11.0 Å². The van der Waals surface area contributed by atoms with E-state index in [2.05, 4.69) is 16.0 Å². The van der Waals surface area contributed by atoms with E-state index in [9.17, 15) is 4.79 Å². The maximum absolute atomic E-state index is 10.4. The van der Waals surface area contributed by atoms with Crippen molar-refractivity contribution in [2.24, 2.45) is 5.11 Å². The molecule has 0 spiro atoms. The summed E-state index contributed by atoms with van der Waals surface area (Å²) in [6.45, 7) is 0.433. The smallest absolute Gasteiger partial charge is 0.262 e. The van der Waals surface area contributed by atoms with Crippen molar-refractivity contribution in [1.82, 2.24) is 10.9 Å². The molecule has 5 nitrogen and oxygen atoms in total. The second-order valence-corrected chi connectivity index (χ2v) is 1.52. The standard InChI is InChI=1S/C3H6N4O/c4-6-2-1-5-7-3(2)8/h2,4-5H,1H2,(H,7,8). The fraction of sp³-hybridized carbons (Fsp3) is 0.667. The topological polar surface area (TPSA) is 77.3 Å². The van der Waals surface area contributed by atoms with E-state index in [0.717, 1.165) is 0 Å². The average Bonchev–Trinajstić information content (AvgIpc) is 2.14. The van der Waals surface area contributed by atoms with Crippen LogP contribution >= 0.6 is 0 Å². The zero-order chi connectivity index (χ0) is 5.98. The molecule has 0 saturated carbocycles. The van der Waals surface area contributed by atoms with Crippen molar-refractivity contribution in [3.8, 4) is 0 Å². The van der Waals surface area contributed by atoms with Crippen LogP contribution in [0.25, 0.3) is 0 Å². The fourth-order valence-electron chi connectivity index (χ4n) is 0.515. The number of hydrogen-bond donors (Lipinski definition) is 3. The van der Waals surface area contributed by atoms with Crippen molar-refractivity contribution >= 4 is 5.91 Å². The minimum atomic E-state index is -0.505. The molecule has 0 aromatic rings. The molecule has 5 heteroatoms. The van der Waals surface area contributed by atoms with Gasteiger partial charge in [-0.3, -0.25) is 10.2 Å². The third kappa shape index (κ3) is 0.671. The number of amides is 1. The lowest BCUT2D eigenvalue weighted by Gasteiger charge is -1.89. The summed E-state index contributed by atoms with van der Waals surface area (Å²) < 4.78 is 0. The summed E-state index contributed by atoms with van der Waals surface area (Å²) in [5.74, 6) is -0.222. The van der Waals surface area contributed by atoms with Gasteiger partial charge in [-0.1, -0.05) is 0 Å². The number of hydrogen-bond acceptors (Lipinski definition) is 4. The maximum atomic E-state index is 10.4. The highest BCUT2D eigenvalue weighted by Crippen LogP contribution is 1.91. The SMILES string of the molecule is N=NC1CNNC1=O. The minimum Gasteiger partial charge on any atom is -0.290 e. The Morgan fingerprint density at radius 2 is 2.62 bits per heavy atom. The molecule has 1 saturated heterocycles. The van der Waals surface area contributed by atoms with Gasteiger partial charge in [-0.2, -0.15) is 5.11 Å². The van der Waals surface area contributed by atoms with E-state index in [0.29, 0.717) is 6.54 Å². The third-order valence-corrected chi connectivity index (χ3v) is 0.965. The second-order valence-electron chi connectivity index (χ2n) is 1.52. The normalized spacial score (nSPS) is 27.5. The average molecular weight is 114 g/mol. The van der Waals surface area contributed by atoms with E-state index in [1.165, 1.54) is 0 Å². The van der Waals surface area contributed by atoms with E-state index >= 15 is 0 Å². The zero-order valence-corrected chi connectivity index (χ0v) is 4.14. The summed E-state index contributed by atoms with van der Waals surface area (Å²) in [6.07, 6.45) is 0. The van der Waals surface area contributed by atoms with Crippen molar-refractivity contribution in [1.29, 1.82) is 5.53 Å². The Morgan fingerprint density at radius 3 is 2.88 bits per heavy atom. The molecule has 44 valence electrons. The van der Waals surface area contributed by atoms with Gasteiger partial charge in [0.05, 0.1) is 0 Å². The van der Waals surface area contributed by atoms with Crippen LogP contribution in [0.3, 0.4) is 0 Å². The molecule has 1 amide bonds. The Hall–Kier alpha value is -0.970. The quantitative estimate of drug-likeness (QED) is 0.383. The second kappa shape index (κ2) is 1.87. The number of nitrogens with one attached hydrogen (secondary N) is 3. The van der Waals surface area contributed by atoms with Gasteiger partial charge in [0.25, 0.3) is 5.91 Å². The molecule has 1 fully saturated rings. The molecule has 8 heavy (non-hydrogen) atoms. The zero-order valence-electron chi connectivity index (χ0n) is 4.14. The first-order valence-electron chi connectivity index (χ1n) is 2.24. The van der Waals surface area contributed by atoms with Crippen LogP contribution in [0.15, 0.2) is 5.11 Å². The van der Waals surface area contributed by atoms with Crippen molar-refractivity contribution in [2.45, 2.75) is 6.04 Å². The Kier molecular flexibility index (Phi) is 1.21. The third-order valence-electron chi connectivity index (χ3n) is 0.965. The Labute approximate surface area is 45.9 Å². The van der Waals surface area contributed by atoms with Gasteiger partial charge < -0.3 is 0 Å². The van der Waals surface area contributed by atoms with Gasteiger partial charge in [0.2, 0.25) is 0 Å². The van der Waals surface area contributed by atoms with Gasteiger partial charge in [-0.05, 0) is 0 Å². The molecule has 0 bridgehead atoms. The van der Waals surface area contributed by atoms with Gasteiger partial charge >= 0.3 is 0 Å². The highest BCUT2D eigenvalue weighted by molar-refractivity contribution is 5.83. The molecule has 0 radical (unpaired) electrons. The number of carbonyl (C=O) groups excluding carboxylic acids is 1. The molecule has 1 heterocycles. The van der Waals surface area contributed by atoms with E-state index < -0.39 is 6.04 Å². The van der Waals surface area contributed by atoms with E-state index in [4.69, 9.17) is 5.53 Å². The first-order chi connectivity index (χ1) is 3.84. The van der Waals surface area contributed by atoms with Crippen LogP contribution < -0.4 is 10.9 Å². The van der Waals surface area contributed by atoms with Crippen LogP contribution in [0.1, 0.15) is 0 Å². The van der Waals surface area contributed by atoms with Crippen LogP contribution in [-0.4, -0.2) is 18.5 Å². The first-order valence-corrected chi connectivity index (χ1v) is 2.24. The van der Waals surface area contributed by atoms with Crippen LogP contribution in [-0.2, 0) is 4.79 Å². The molecule has 1 atom stereocenters. The maximum Gasteiger partial charge on any atom is 0.262 e. The summed E-state index contributed by atoms with van der Waals surface area (Å²) in [7, 11) is 0. The molecule has 1 aliphatic rings. The van der Waals surface area contributed by atoms with Crippen molar-refractivity contribution in [3.63, 3.8) is 0 Å². The number of nitrogens with zero attached hydrogens (tertiary/aromatic N) is 1. The monoisotopic (exact) mass is 114 g/mol. The Morgan fingerprint density at radius 1 is 1.88 bits per heavy atom. The van der Waals surface area contributed by atoms with Crippen LogP contribution in [0.4, 0.5) is 0 Å². The Bertz CT molecular complexity index is 122. The molecular weight excluding hydrogens is 108 g/mol. The summed E-state index contributed by atoms with van der Waals surface area (Å²) >= 11 is 0. The minimum absolute atomic E-state index is 0.222. The summed E-state index contributed by atoms with van der Waals surface area (Å²) in [6, 6.07) is -0.505. The van der Waals surface area contributed by atoms with Crippen LogP contribution in [0.2, 0.25) is 0 Å². The molecule has 0 aromatic carbocycles. The number of hydrazine groups is 1. The van der Waals surface area contributed by atoms with E-state index in [1.807, 2.05) is 0 Å². The number of rotatable bonds is 1. The first kappa shape index (κ1) is 5.17. The van der Waals surface area contributed by atoms with E-state index in [1.54, 1.807) is 0 Å². The molecule has 0 aromatic heterocycles. The number of carbonyl (C=O) groups is 1. The lowest BCUT2D eigenvalue weighted by Crippen LogP contribution is -2.26. The largest absolute Gasteiger partial charge is 0.290 e. The van der Waals surface area contributed by atoms with Gasteiger partial charge in [0.15, 0.2) is 6.04 Å². The van der Waals surface area contributed by atoms with E-state index in [-0.39, 0.29) is 5.91 Å². The summed E-state index contributed by atoms with van der Waals surface area (Å²) in [5, 5.41) is 3.04. The molecule has 0 aliphatic carbocycles. The van der Waals surface area contributed by atoms with Crippen molar-refractivity contribution < 1.29 is 4.79 Å². The Balaban J connectivity index is 2.54. The summed E-state index contributed by atoms with van der Waals surface area (Å²) in [5.41, 5.74) is 11.3. The molecular formula is C3H6N4O. The van der Waals surface area contributed by atoms with Gasteiger partial charge in [0, 0.05) is 6.54 Å². The molecule has 3 N–H and O–H groups in total. The fourth-order valence-corrected chi connectivity index (χ4v) is 0.515. The molecule has 1 aliphatic heterocycles. The van der Waals surface area contributed by atoms with Crippen molar-refractivity contribution in [3.05, 3.63) is 0 Å². The molecule has 1 rings (SSSR count). The van der Waals surface area contributed by atoms with Gasteiger partial charge in [-0.15, -0.1) is 0 Å². The summed E-state index contributed by atoms with van der Waals surface area (Å²) in [4.78, 5) is 10.4. The van der Waals surface area contributed by atoms with Crippen LogP contribution in [0.5, 0.6) is 0 Å². The highest BCUT2D eigenvalue weighted by Gasteiger charge is 2.22. The lowest BCUT2D eigenvalue weighted by molar-refractivity contribution is -0.120. The highest BCUT2D eigenvalue weighted by atomic mass is 16.2.